The second-order valence-corrected chi connectivity index (χ2v) is 5.72. The van der Waals surface area contributed by atoms with Crippen molar-refractivity contribution in [1.82, 2.24) is 0 Å². The van der Waals surface area contributed by atoms with Crippen LogP contribution in [0.25, 0.3) is 10.8 Å². The van der Waals surface area contributed by atoms with Gasteiger partial charge in [0.1, 0.15) is 5.82 Å². The third-order valence-corrected chi connectivity index (χ3v) is 3.66. The maximum Gasteiger partial charge on any atom is 0.331 e. The first-order valence-corrected chi connectivity index (χ1v) is 8.25. The van der Waals surface area contributed by atoms with Gasteiger partial charge in [0.25, 0.3) is 0 Å². The number of ether oxygens (including phenoxy) is 1. The maximum absolute atomic E-state index is 13.1. The normalized spacial score (nSPS) is 9.89. The molecule has 0 bridgehead atoms. The highest BCUT2D eigenvalue weighted by Gasteiger charge is 1.98. The van der Waals surface area contributed by atoms with Gasteiger partial charge in [-0.05, 0) is 41.1 Å². The molecule has 0 unspecified atom stereocenters. The van der Waals surface area contributed by atoms with Crippen LogP contribution in [-0.4, -0.2) is 18.2 Å². The quantitative estimate of drug-likeness (QED) is 0.373. The zero-order valence-corrected chi connectivity index (χ0v) is 15.2. The minimum Gasteiger partial charge on any atom is -0.504 e. The van der Waals surface area contributed by atoms with Crippen LogP contribution in [0.1, 0.15) is 11.1 Å². The second kappa shape index (κ2) is 10.0. The van der Waals surface area contributed by atoms with E-state index in [9.17, 15) is 9.18 Å². The van der Waals surface area contributed by atoms with Crippen molar-refractivity contribution in [2.24, 2.45) is 0 Å². The summed E-state index contributed by atoms with van der Waals surface area (Å²) in [6.45, 7) is 0. The topological polar surface area (TPSA) is 46.5 Å². The third kappa shape index (κ3) is 6.50. The molecule has 5 heteroatoms. The summed E-state index contributed by atoms with van der Waals surface area (Å²) < 4.78 is 17.3. The first kappa shape index (κ1) is 20.0. The fraction of sp³-hybridized carbons (Fsp3) is 0.0455. The van der Waals surface area contributed by atoms with Gasteiger partial charge in [0.2, 0.25) is 0 Å². The number of benzene rings is 3. The van der Waals surface area contributed by atoms with Gasteiger partial charge in [-0.1, -0.05) is 53.8 Å². The van der Waals surface area contributed by atoms with Gasteiger partial charge in [-0.25, -0.2) is 9.18 Å². The molecule has 3 aromatic rings. The molecule has 0 aromatic heterocycles. The van der Waals surface area contributed by atoms with Crippen LogP contribution < -0.4 is 0 Å². The van der Waals surface area contributed by atoms with Crippen molar-refractivity contribution >= 4 is 28.3 Å². The van der Waals surface area contributed by atoms with Crippen molar-refractivity contribution in [2.75, 3.05) is 7.11 Å². The van der Waals surface area contributed by atoms with E-state index in [-0.39, 0.29) is 5.02 Å². The van der Waals surface area contributed by atoms with E-state index in [2.05, 4.69) is 28.7 Å². The van der Waals surface area contributed by atoms with Gasteiger partial charge in [0.05, 0.1) is 24.5 Å². The maximum atomic E-state index is 13.1. The fourth-order valence-corrected chi connectivity index (χ4v) is 2.29. The van der Waals surface area contributed by atoms with Gasteiger partial charge >= 0.3 is 5.97 Å². The number of aliphatic carboxylic acids is 1. The van der Waals surface area contributed by atoms with E-state index in [0.717, 1.165) is 23.3 Å². The molecule has 136 valence electrons. The van der Waals surface area contributed by atoms with E-state index >= 15 is 0 Å². The first-order valence-electron chi connectivity index (χ1n) is 7.88. The lowest BCUT2D eigenvalue weighted by Crippen LogP contribution is -1.85. The lowest BCUT2D eigenvalue weighted by atomic mass is 10.1. The molecule has 0 atom stereocenters. The van der Waals surface area contributed by atoms with Crippen molar-refractivity contribution in [3.8, 4) is 11.8 Å². The highest BCUT2D eigenvalue weighted by molar-refractivity contribution is 6.30. The summed E-state index contributed by atoms with van der Waals surface area (Å²) in [5.41, 5.74) is 1.62. The molecular weight excluding hydrogens is 367 g/mol. The lowest BCUT2D eigenvalue weighted by Gasteiger charge is -1.97. The average Bonchev–Trinajstić information content (AvgIpc) is 2.67. The number of hydrogen-bond acceptors (Lipinski definition) is 2. The van der Waals surface area contributed by atoms with Gasteiger partial charge in [0, 0.05) is 11.1 Å². The summed E-state index contributed by atoms with van der Waals surface area (Å²) >= 11 is 5.73. The molecule has 3 nitrogen and oxygen atoms in total. The van der Waals surface area contributed by atoms with Crippen LogP contribution in [-0.2, 0) is 9.53 Å². The number of carboxylic acid groups (broad SMARTS) is 1. The Morgan fingerprint density at radius 2 is 1.67 bits per heavy atom. The van der Waals surface area contributed by atoms with Gasteiger partial charge in [-0.2, -0.15) is 0 Å². The van der Waals surface area contributed by atoms with Gasteiger partial charge in [-0.15, -0.1) is 0 Å². The predicted octanol–water partition coefficient (Wildman–Crippen LogP) is 5.26. The summed E-state index contributed by atoms with van der Waals surface area (Å²) in [6, 6.07) is 18.6. The highest BCUT2D eigenvalue weighted by atomic mass is 35.5. The van der Waals surface area contributed by atoms with Crippen LogP contribution >= 0.6 is 11.6 Å². The molecule has 0 radical (unpaired) electrons. The summed E-state index contributed by atoms with van der Waals surface area (Å²) in [4.78, 5) is 9.59. The largest absolute Gasteiger partial charge is 0.504 e. The summed E-state index contributed by atoms with van der Waals surface area (Å²) in [5, 5.41) is 10.3. The number of rotatable bonds is 2. The molecule has 0 saturated carbocycles. The van der Waals surface area contributed by atoms with E-state index in [1.165, 1.54) is 24.6 Å². The van der Waals surface area contributed by atoms with Crippen LogP contribution in [0.3, 0.4) is 0 Å². The molecule has 0 fully saturated rings. The van der Waals surface area contributed by atoms with Gasteiger partial charge in [0.15, 0.2) is 0 Å². The van der Waals surface area contributed by atoms with E-state index in [1.807, 2.05) is 30.3 Å². The summed E-state index contributed by atoms with van der Waals surface area (Å²) in [6.07, 6.45) is 2.02. The molecule has 0 amide bonds. The zero-order valence-electron chi connectivity index (χ0n) is 14.4. The minimum atomic E-state index is -0.998. The number of fused-ring (bicyclic) bond motifs is 1. The van der Waals surface area contributed by atoms with Crippen molar-refractivity contribution in [3.05, 3.63) is 95.0 Å². The SMILES string of the molecule is COC=CC(=O)O.Fc1ccc(C#Cc2ccc3ccccc3c2)cc1Cl. The fourth-order valence-electron chi connectivity index (χ4n) is 2.11. The Morgan fingerprint density at radius 3 is 2.26 bits per heavy atom. The Hall–Kier alpha value is -3.29. The Morgan fingerprint density at radius 1 is 1.04 bits per heavy atom. The van der Waals surface area contributed by atoms with Crippen LogP contribution in [0, 0.1) is 17.7 Å². The van der Waals surface area contributed by atoms with Crippen molar-refractivity contribution in [2.45, 2.75) is 0 Å². The Balaban J connectivity index is 0.000000321. The van der Waals surface area contributed by atoms with Crippen molar-refractivity contribution < 1.29 is 19.0 Å². The van der Waals surface area contributed by atoms with Crippen LogP contribution in [0.2, 0.25) is 5.02 Å². The average molecular weight is 383 g/mol. The van der Waals surface area contributed by atoms with E-state index in [4.69, 9.17) is 16.7 Å². The number of hydrogen-bond donors (Lipinski definition) is 1. The summed E-state index contributed by atoms with van der Waals surface area (Å²) in [5.74, 6) is 4.64. The van der Waals surface area contributed by atoms with Gasteiger partial charge < -0.3 is 9.84 Å². The third-order valence-electron chi connectivity index (χ3n) is 3.37. The molecule has 3 rings (SSSR count). The standard InChI is InChI=1S/C18H10ClF.C4H6O3/c19-17-12-14(8-10-18(17)20)6-5-13-7-9-15-3-1-2-4-16(15)11-13;1-7-3-2-4(5)6/h1-4,7-12H;2-3H,1H3,(H,5,6). The Kier molecular flexibility index (Phi) is 7.42. The van der Waals surface area contributed by atoms with Crippen LogP contribution in [0.4, 0.5) is 4.39 Å². The second-order valence-electron chi connectivity index (χ2n) is 5.32. The molecule has 27 heavy (non-hydrogen) atoms. The smallest absolute Gasteiger partial charge is 0.331 e. The van der Waals surface area contributed by atoms with Gasteiger partial charge in [-0.3, -0.25) is 0 Å². The highest BCUT2D eigenvalue weighted by Crippen LogP contribution is 2.17. The molecule has 0 aliphatic rings. The predicted molar refractivity (Wildman–Crippen MR) is 105 cm³/mol. The molecule has 0 spiro atoms. The van der Waals surface area contributed by atoms with Crippen molar-refractivity contribution in [3.63, 3.8) is 0 Å². The molecule has 0 saturated heterocycles. The van der Waals surface area contributed by atoms with E-state index in [0.29, 0.717) is 5.56 Å². The monoisotopic (exact) mass is 382 g/mol. The number of methoxy groups -OCH3 is 1. The molecule has 1 N–H and O–H groups in total. The van der Waals surface area contributed by atoms with Crippen molar-refractivity contribution in [1.29, 1.82) is 0 Å². The molecule has 0 heterocycles. The van der Waals surface area contributed by atoms with E-state index < -0.39 is 11.8 Å². The number of halogens is 2. The molecular formula is C22H16ClFO3. The van der Waals surface area contributed by atoms with Crippen LogP contribution in [0.5, 0.6) is 0 Å². The Bertz CT molecular complexity index is 1030. The molecule has 0 aliphatic heterocycles. The number of carbonyl (C=O) groups is 1. The van der Waals surface area contributed by atoms with E-state index in [1.54, 1.807) is 6.07 Å². The molecule has 0 aliphatic carbocycles. The minimum absolute atomic E-state index is 0.0929. The zero-order chi connectivity index (χ0) is 19.6. The first-order chi connectivity index (χ1) is 13.0. The lowest BCUT2D eigenvalue weighted by molar-refractivity contribution is -0.131. The molecule has 3 aromatic carbocycles. The Labute approximate surface area is 161 Å². The van der Waals surface area contributed by atoms with Crippen LogP contribution in [0.15, 0.2) is 73.0 Å². The summed E-state index contributed by atoms with van der Waals surface area (Å²) in [7, 11) is 1.39. The number of carboxylic acids is 1.